The lowest BCUT2D eigenvalue weighted by atomic mass is 10.0. The summed E-state index contributed by atoms with van der Waals surface area (Å²) in [6, 6.07) is 17.7. The van der Waals surface area contributed by atoms with Crippen LogP contribution in [0.5, 0.6) is 0 Å². The van der Waals surface area contributed by atoms with Crippen LogP contribution in [0.4, 0.5) is 6.01 Å². The number of carbonyl (C=O) groups is 1. The molecular weight excluding hydrogens is 360 g/mol. The van der Waals surface area contributed by atoms with Gasteiger partial charge in [0.05, 0.1) is 5.01 Å². The Kier molecular flexibility index (Phi) is 4.76. The molecule has 0 aliphatic carbocycles. The Bertz CT molecular complexity index is 1060. The fourth-order valence-corrected chi connectivity index (χ4v) is 3.20. The zero-order valence-corrected chi connectivity index (χ0v) is 15.4. The minimum atomic E-state index is -0.300. The Labute approximate surface area is 159 Å². The van der Waals surface area contributed by atoms with Gasteiger partial charge in [-0.15, -0.1) is 16.4 Å². The van der Waals surface area contributed by atoms with E-state index in [1.54, 1.807) is 12.1 Å². The Morgan fingerprint density at radius 1 is 1.04 bits per heavy atom. The topological polar surface area (TPSA) is 80.9 Å². The van der Waals surface area contributed by atoms with Gasteiger partial charge in [-0.2, -0.15) is 0 Å². The molecule has 2 aromatic carbocycles. The Morgan fingerprint density at radius 2 is 1.78 bits per heavy atom. The molecule has 0 saturated carbocycles. The summed E-state index contributed by atoms with van der Waals surface area (Å²) < 4.78 is 5.47. The van der Waals surface area contributed by atoms with Crippen molar-refractivity contribution in [2.45, 2.75) is 13.3 Å². The number of aryl methyl sites for hydroxylation is 1. The van der Waals surface area contributed by atoms with Gasteiger partial charge < -0.3 is 4.42 Å². The van der Waals surface area contributed by atoms with Crippen LogP contribution in [0.25, 0.3) is 11.6 Å². The summed E-state index contributed by atoms with van der Waals surface area (Å²) in [5.74, 6) is -0.0150. The minimum Gasteiger partial charge on any atom is -0.401 e. The van der Waals surface area contributed by atoms with Gasteiger partial charge in [0.1, 0.15) is 5.69 Å². The molecule has 0 fully saturated rings. The molecule has 0 aliphatic heterocycles. The van der Waals surface area contributed by atoms with Gasteiger partial charge in [0.2, 0.25) is 0 Å². The molecule has 0 spiro atoms. The number of anilines is 1. The zero-order chi connectivity index (χ0) is 18.6. The number of nitrogens with zero attached hydrogens (tertiary/aromatic N) is 3. The van der Waals surface area contributed by atoms with Gasteiger partial charge in [-0.1, -0.05) is 47.6 Å². The van der Waals surface area contributed by atoms with Crippen molar-refractivity contribution in [3.8, 4) is 11.6 Å². The molecule has 0 saturated heterocycles. The molecule has 2 heterocycles. The van der Waals surface area contributed by atoms with Crippen LogP contribution in [-0.2, 0) is 6.42 Å². The number of rotatable bonds is 5. The highest BCUT2D eigenvalue weighted by molar-refractivity contribution is 7.09. The molecule has 134 valence electrons. The largest absolute Gasteiger partial charge is 0.401 e. The van der Waals surface area contributed by atoms with E-state index in [2.05, 4.69) is 32.6 Å². The van der Waals surface area contributed by atoms with E-state index >= 15 is 0 Å². The minimum absolute atomic E-state index is 0.0500. The van der Waals surface area contributed by atoms with Crippen molar-refractivity contribution in [1.82, 2.24) is 15.2 Å². The van der Waals surface area contributed by atoms with Gasteiger partial charge >= 0.3 is 6.01 Å². The van der Waals surface area contributed by atoms with Crippen LogP contribution in [0.1, 0.15) is 26.5 Å². The first-order valence-electron chi connectivity index (χ1n) is 8.37. The van der Waals surface area contributed by atoms with Crippen molar-refractivity contribution in [2.24, 2.45) is 0 Å². The summed E-state index contributed by atoms with van der Waals surface area (Å²) in [5.41, 5.74) is 3.49. The number of carbonyl (C=O) groups excluding carboxylic acids is 1. The predicted octanol–water partition coefficient (Wildman–Crippen LogP) is 4.34. The standard InChI is InChI=1S/C20H16N4O2S/c1-13-21-17(12-27-13)19-23-24-20(26-19)22-18(25)16-9-7-15(8-10-16)11-14-5-3-2-4-6-14/h2-10,12H,11H2,1H3,(H,22,24,25). The predicted molar refractivity (Wildman–Crippen MR) is 104 cm³/mol. The molecule has 27 heavy (non-hydrogen) atoms. The monoisotopic (exact) mass is 376 g/mol. The highest BCUT2D eigenvalue weighted by Gasteiger charge is 2.14. The van der Waals surface area contributed by atoms with Gasteiger partial charge in [-0.25, -0.2) is 4.98 Å². The van der Waals surface area contributed by atoms with Crippen molar-refractivity contribution in [3.05, 3.63) is 81.7 Å². The molecule has 1 amide bonds. The SMILES string of the molecule is Cc1nc(-c2nnc(NC(=O)c3ccc(Cc4ccccc4)cc3)o2)cs1. The van der Waals surface area contributed by atoms with E-state index in [4.69, 9.17) is 4.42 Å². The molecule has 4 aromatic rings. The van der Waals surface area contributed by atoms with Crippen LogP contribution in [0.3, 0.4) is 0 Å². The average Bonchev–Trinajstić information content (AvgIpc) is 3.32. The lowest BCUT2D eigenvalue weighted by molar-refractivity contribution is 0.102. The lowest BCUT2D eigenvalue weighted by Crippen LogP contribution is -2.12. The Morgan fingerprint density at radius 3 is 2.48 bits per heavy atom. The van der Waals surface area contributed by atoms with Gasteiger partial charge in [-0.05, 0) is 36.6 Å². The summed E-state index contributed by atoms with van der Waals surface area (Å²) in [7, 11) is 0. The van der Waals surface area contributed by atoms with Crippen molar-refractivity contribution >= 4 is 23.3 Å². The normalized spacial score (nSPS) is 10.7. The highest BCUT2D eigenvalue weighted by atomic mass is 32.1. The summed E-state index contributed by atoms with van der Waals surface area (Å²) in [5, 5.41) is 13.1. The van der Waals surface area contributed by atoms with Gasteiger partial charge in [0.15, 0.2) is 0 Å². The molecule has 6 nitrogen and oxygen atoms in total. The van der Waals surface area contributed by atoms with Crippen molar-refractivity contribution in [1.29, 1.82) is 0 Å². The lowest BCUT2D eigenvalue weighted by Gasteiger charge is -2.04. The maximum Gasteiger partial charge on any atom is 0.322 e. The van der Waals surface area contributed by atoms with E-state index in [1.807, 2.05) is 42.6 Å². The van der Waals surface area contributed by atoms with Crippen LogP contribution in [0.15, 0.2) is 64.4 Å². The van der Waals surface area contributed by atoms with Crippen LogP contribution in [-0.4, -0.2) is 21.1 Å². The second kappa shape index (κ2) is 7.51. The van der Waals surface area contributed by atoms with E-state index in [9.17, 15) is 4.79 Å². The number of aromatic nitrogens is 3. The van der Waals surface area contributed by atoms with E-state index in [0.29, 0.717) is 11.3 Å². The van der Waals surface area contributed by atoms with E-state index in [-0.39, 0.29) is 17.8 Å². The quantitative estimate of drug-likeness (QED) is 0.560. The number of hydrogen-bond donors (Lipinski definition) is 1. The average molecular weight is 376 g/mol. The molecule has 0 radical (unpaired) electrons. The van der Waals surface area contributed by atoms with Crippen molar-refractivity contribution in [2.75, 3.05) is 5.32 Å². The summed E-state index contributed by atoms with van der Waals surface area (Å²) in [4.78, 5) is 16.7. The van der Waals surface area contributed by atoms with Crippen LogP contribution in [0, 0.1) is 6.92 Å². The number of thiazole rings is 1. The third-order valence-electron chi connectivity index (χ3n) is 3.95. The van der Waals surface area contributed by atoms with Gasteiger partial charge in [0, 0.05) is 10.9 Å². The van der Waals surface area contributed by atoms with Gasteiger partial charge in [-0.3, -0.25) is 10.1 Å². The third-order valence-corrected chi connectivity index (χ3v) is 4.72. The fourth-order valence-electron chi connectivity index (χ4n) is 2.61. The van der Waals surface area contributed by atoms with Crippen LogP contribution >= 0.6 is 11.3 Å². The summed E-state index contributed by atoms with van der Waals surface area (Å²) in [6.07, 6.45) is 0.822. The highest BCUT2D eigenvalue weighted by Crippen LogP contribution is 2.22. The molecule has 0 atom stereocenters. The molecular formula is C20H16N4O2S. The number of nitrogens with one attached hydrogen (secondary N) is 1. The maximum atomic E-state index is 12.4. The molecule has 0 bridgehead atoms. The summed E-state index contributed by atoms with van der Waals surface area (Å²) >= 11 is 1.49. The Balaban J connectivity index is 1.42. The van der Waals surface area contributed by atoms with Gasteiger partial charge in [0.25, 0.3) is 11.8 Å². The van der Waals surface area contributed by atoms with Crippen molar-refractivity contribution in [3.63, 3.8) is 0 Å². The van der Waals surface area contributed by atoms with E-state index in [1.165, 1.54) is 16.9 Å². The summed E-state index contributed by atoms with van der Waals surface area (Å²) in [6.45, 7) is 1.90. The van der Waals surface area contributed by atoms with Crippen LogP contribution in [0.2, 0.25) is 0 Å². The number of benzene rings is 2. The van der Waals surface area contributed by atoms with E-state index in [0.717, 1.165) is 17.0 Å². The first kappa shape index (κ1) is 17.1. The molecule has 4 rings (SSSR count). The van der Waals surface area contributed by atoms with Crippen molar-refractivity contribution < 1.29 is 9.21 Å². The fraction of sp³-hybridized carbons (Fsp3) is 0.100. The number of hydrogen-bond acceptors (Lipinski definition) is 6. The molecule has 7 heteroatoms. The second-order valence-electron chi connectivity index (χ2n) is 5.98. The molecule has 0 aliphatic rings. The zero-order valence-electron chi connectivity index (χ0n) is 14.5. The number of amides is 1. The second-order valence-corrected chi connectivity index (χ2v) is 7.04. The first-order chi connectivity index (χ1) is 13.2. The Hall–Kier alpha value is -3.32. The molecule has 2 aromatic heterocycles. The van der Waals surface area contributed by atoms with E-state index < -0.39 is 0 Å². The first-order valence-corrected chi connectivity index (χ1v) is 9.25. The van der Waals surface area contributed by atoms with Crippen LogP contribution < -0.4 is 5.32 Å². The smallest absolute Gasteiger partial charge is 0.322 e. The third kappa shape index (κ3) is 4.09. The molecule has 0 unspecified atom stereocenters. The maximum absolute atomic E-state index is 12.4. The molecule has 1 N–H and O–H groups in total.